The number of hydrogen-bond donors (Lipinski definition) is 3. The van der Waals surface area contributed by atoms with Gasteiger partial charge in [-0.2, -0.15) is 0 Å². The number of hydrazine groups is 1. The van der Waals surface area contributed by atoms with Crippen molar-refractivity contribution >= 4 is 45.9 Å². The normalized spacial score (nSPS) is 29.5. The number of benzene rings is 1. The lowest BCUT2D eigenvalue weighted by atomic mass is 9.84. The van der Waals surface area contributed by atoms with Crippen LogP contribution in [0.2, 0.25) is 0 Å². The Morgan fingerprint density at radius 1 is 1.05 bits per heavy atom. The van der Waals surface area contributed by atoms with Gasteiger partial charge in [0.2, 0.25) is 11.8 Å². The van der Waals surface area contributed by atoms with Crippen molar-refractivity contribution in [1.82, 2.24) is 45.4 Å². The van der Waals surface area contributed by atoms with Gasteiger partial charge in [-0.05, 0) is 87.1 Å². The molecule has 3 N–H and O–H groups in total. The number of pyridine rings is 1. The van der Waals surface area contributed by atoms with Gasteiger partial charge >= 0.3 is 5.97 Å². The summed E-state index contributed by atoms with van der Waals surface area (Å²) in [5, 5.41) is 11.9. The Morgan fingerprint density at radius 2 is 1.83 bits per heavy atom. The summed E-state index contributed by atoms with van der Waals surface area (Å²) in [4.78, 5) is 71.1. The predicted octanol–water partition coefficient (Wildman–Crippen LogP) is 5.57. The zero-order chi connectivity index (χ0) is 45.8. The lowest BCUT2D eigenvalue weighted by Gasteiger charge is -2.52. The maximum Gasteiger partial charge on any atom is 0.324 e. The fraction of sp³-hybridized carbons (Fsp3) is 0.600. The molecule has 4 aromatic rings. The molecule has 3 amide bonds. The summed E-state index contributed by atoms with van der Waals surface area (Å²) in [5.41, 5.74) is 9.43. The Hall–Kier alpha value is -4.74. The van der Waals surface area contributed by atoms with E-state index in [0.717, 1.165) is 57.8 Å². The monoisotopic (exact) mass is 917 g/mol. The van der Waals surface area contributed by atoms with Gasteiger partial charge in [0.05, 0.1) is 47.4 Å². The first-order valence-corrected chi connectivity index (χ1v) is 25.0. The lowest BCUT2D eigenvalue weighted by molar-refractivity contribution is -0.156. The number of amides is 3. The van der Waals surface area contributed by atoms with Crippen LogP contribution in [-0.4, -0.2) is 123 Å². The van der Waals surface area contributed by atoms with E-state index in [4.69, 9.17) is 19.4 Å². The SMILES string of the molecule is CO[C@@H](C)c1ncccc1-c1c2c3cc(ccc3n1C1CN(C3CC3)C1)-c1csc(n1)[C@@H](N1CC3(CCC(=O)N3)C1)[C@H](NC(=O)C1[C@@H](C)[C@H]1C)C(=O)N1CCC[C@H](N1)C(=O)OCC(C)(C)C2. The van der Waals surface area contributed by atoms with Crippen LogP contribution >= 0.6 is 11.3 Å². The third-order valence-electron chi connectivity index (χ3n) is 16.0. The number of methoxy groups -OCH3 is 1. The number of aromatic nitrogens is 3. The van der Waals surface area contributed by atoms with Gasteiger partial charge in [0.25, 0.3) is 5.91 Å². The second-order valence-electron chi connectivity index (χ2n) is 21.3. The molecule has 6 bridgehead atoms. The Labute approximate surface area is 390 Å². The van der Waals surface area contributed by atoms with Gasteiger partial charge in [-0.3, -0.25) is 39.0 Å². The summed E-state index contributed by atoms with van der Waals surface area (Å²) >= 11 is 1.49. The highest BCUT2D eigenvalue weighted by molar-refractivity contribution is 7.10. The van der Waals surface area contributed by atoms with Crippen molar-refractivity contribution in [3.05, 3.63) is 58.2 Å². The molecule has 66 heavy (non-hydrogen) atoms. The Morgan fingerprint density at radius 3 is 2.55 bits per heavy atom. The summed E-state index contributed by atoms with van der Waals surface area (Å²) in [6, 6.07) is 9.37. The third kappa shape index (κ3) is 7.73. The van der Waals surface area contributed by atoms with Crippen molar-refractivity contribution in [2.75, 3.05) is 46.4 Å². The molecular weight excluding hydrogens is 855 g/mol. The van der Waals surface area contributed by atoms with E-state index in [1.54, 1.807) is 7.11 Å². The van der Waals surface area contributed by atoms with Crippen LogP contribution in [-0.2, 0) is 35.1 Å². The van der Waals surface area contributed by atoms with Crippen LogP contribution in [0.5, 0.6) is 0 Å². The van der Waals surface area contributed by atoms with Crippen molar-refractivity contribution in [3.63, 3.8) is 0 Å². The van der Waals surface area contributed by atoms with Gasteiger partial charge in [0, 0.05) is 97.2 Å². The molecule has 1 aromatic carbocycles. The van der Waals surface area contributed by atoms with Gasteiger partial charge in [0.15, 0.2) is 0 Å². The lowest BCUT2D eigenvalue weighted by Crippen LogP contribution is -2.71. The molecule has 2 aliphatic carbocycles. The van der Waals surface area contributed by atoms with Crippen LogP contribution in [0.1, 0.15) is 108 Å². The number of cyclic esters (lactones) is 1. The van der Waals surface area contributed by atoms with E-state index in [2.05, 4.69) is 87.8 Å². The quantitative estimate of drug-likeness (QED) is 0.190. The molecule has 15 nitrogen and oxygen atoms in total. The molecule has 350 valence electrons. The average molecular weight is 918 g/mol. The van der Waals surface area contributed by atoms with Gasteiger partial charge < -0.3 is 24.7 Å². The topological polar surface area (TPSA) is 163 Å². The van der Waals surface area contributed by atoms with Gasteiger partial charge in [-0.1, -0.05) is 33.8 Å². The molecule has 6 fully saturated rings. The first-order chi connectivity index (χ1) is 31.7. The standard InChI is InChI=1S/C50H63N9O6S/c1-27-28(2)40(27)45(61)53-42-44(57-24-50(25-57)16-15-39(60)54-50)46-52-37(23-66-46)30-11-14-38-34(19-30)35(20-49(4,5)26-65-48(63)36-10-8-18-58(55-36)47(42)62)43(33-9-7-17-51-41(33)29(3)64-6)59(38)32-21-56(22-32)31-12-13-31/h7,9,11,14,17,19,23,27-29,31-32,36,40,42,44,55H,8,10,12-13,15-16,18,20-22,24-26H2,1-6H3,(H,53,61)(H,54,60)/t27-,28+,29-,36-,40?,42-,44-/m0/s1. The molecule has 1 unspecified atom stereocenters. The van der Waals surface area contributed by atoms with E-state index >= 15 is 4.79 Å². The summed E-state index contributed by atoms with van der Waals surface area (Å²) in [6.07, 6.45) is 6.97. The number of rotatable bonds is 8. The highest BCUT2D eigenvalue weighted by Crippen LogP contribution is 2.48. The highest BCUT2D eigenvalue weighted by atomic mass is 32.1. The number of hydrogen-bond acceptors (Lipinski definition) is 12. The van der Waals surface area contributed by atoms with Crippen LogP contribution < -0.4 is 16.1 Å². The zero-order valence-corrected chi connectivity index (χ0v) is 39.8. The number of nitrogens with one attached hydrogen (secondary N) is 3. The predicted molar refractivity (Wildman–Crippen MR) is 250 cm³/mol. The molecule has 1 spiro atoms. The minimum atomic E-state index is -1.02. The molecule has 11 rings (SSSR count). The van der Waals surface area contributed by atoms with Crippen molar-refractivity contribution in [2.45, 2.75) is 121 Å². The average Bonchev–Trinajstić information content (AvgIpc) is 4.04. The number of fused-ring (bicyclic) bond motifs is 6. The molecule has 7 aliphatic rings. The van der Waals surface area contributed by atoms with E-state index in [1.807, 2.05) is 19.2 Å². The van der Waals surface area contributed by atoms with Crippen molar-refractivity contribution in [1.29, 1.82) is 0 Å². The second kappa shape index (κ2) is 16.5. The van der Waals surface area contributed by atoms with Crippen molar-refractivity contribution < 1.29 is 28.7 Å². The number of nitrogens with zero attached hydrogens (tertiary/aromatic N) is 6. The molecule has 7 atom stereocenters. The zero-order valence-electron chi connectivity index (χ0n) is 39.0. The van der Waals surface area contributed by atoms with Gasteiger partial charge in [-0.15, -0.1) is 11.3 Å². The molecule has 2 saturated carbocycles. The van der Waals surface area contributed by atoms with Gasteiger partial charge in [-0.25, -0.2) is 10.4 Å². The van der Waals surface area contributed by atoms with Crippen molar-refractivity contribution in [3.8, 4) is 22.5 Å². The number of thiazole rings is 1. The summed E-state index contributed by atoms with van der Waals surface area (Å²) < 4.78 is 14.7. The maximum absolute atomic E-state index is 15.1. The molecule has 0 radical (unpaired) electrons. The Kier molecular flexibility index (Phi) is 10.9. The largest absolute Gasteiger partial charge is 0.464 e. The summed E-state index contributed by atoms with van der Waals surface area (Å²) in [7, 11) is 1.72. The third-order valence-corrected chi connectivity index (χ3v) is 16.9. The van der Waals surface area contributed by atoms with E-state index in [0.29, 0.717) is 62.8 Å². The summed E-state index contributed by atoms with van der Waals surface area (Å²) in [6.45, 7) is 14.0. The number of ether oxygens (including phenoxy) is 2. The van der Waals surface area contributed by atoms with E-state index < -0.39 is 29.5 Å². The van der Waals surface area contributed by atoms with E-state index in [1.165, 1.54) is 29.2 Å². The molecule has 5 aliphatic heterocycles. The van der Waals surface area contributed by atoms with Crippen LogP contribution in [0, 0.1) is 23.2 Å². The minimum absolute atomic E-state index is 0.0321. The fourth-order valence-corrected chi connectivity index (χ4v) is 12.7. The van der Waals surface area contributed by atoms with Crippen LogP contribution in [0.15, 0.2) is 41.9 Å². The highest BCUT2D eigenvalue weighted by Gasteiger charge is 2.55. The molecule has 8 heterocycles. The Bertz CT molecular complexity index is 2580. The van der Waals surface area contributed by atoms with Crippen LogP contribution in [0.25, 0.3) is 33.4 Å². The van der Waals surface area contributed by atoms with Gasteiger partial charge in [0.1, 0.15) is 17.1 Å². The maximum atomic E-state index is 15.1. The van der Waals surface area contributed by atoms with Crippen LogP contribution in [0.3, 0.4) is 0 Å². The van der Waals surface area contributed by atoms with Crippen molar-refractivity contribution in [2.24, 2.45) is 23.2 Å². The van der Waals surface area contributed by atoms with E-state index in [-0.39, 0.29) is 59.8 Å². The molecule has 4 saturated heterocycles. The second-order valence-corrected chi connectivity index (χ2v) is 22.2. The molecular formula is C50H63N9O6S. The first kappa shape index (κ1) is 43.8. The van der Waals surface area contributed by atoms with Crippen LogP contribution in [0.4, 0.5) is 0 Å². The molecule has 3 aromatic heterocycles. The fourth-order valence-electron chi connectivity index (χ4n) is 11.7. The number of carbonyl (C=O) groups excluding carboxylic acids is 4. The minimum Gasteiger partial charge on any atom is -0.464 e. The first-order valence-electron chi connectivity index (χ1n) is 24.2. The smallest absolute Gasteiger partial charge is 0.324 e. The number of esters is 1. The number of carbonyl (C=O) groups is 4. The number of likely N-dealkylation sites (tertiary alicyclic amines) is 2. The molecule has 16 heteroatoms. The van der Waals surface area contributed by atoms with E-state index in [9.17, 15) is 14.4 Å². The summed E-state index contributed by atoms with van der Waals surface area (Å²) in [5.74, 6) is -0.657. The Balaban J connectivity index is 1.07.